The van der Waals surface area contributed by atoms with E-state index in [2.05, 4.69) is 10.0 Å². The van der Waals surface area contributed by atoms with E-state index >= 15 is 0 Å². The third-order valence-corrected chi connectivity index (χ3v) is 6.43. The molecule has 0 bridgehead atoms. The number of aryl methyl sites for hydroxylation is 1. The Bertz CT molecular complexity index is 1300. The monoisotopic (exact) mass is 489 g/mol. The first-order valence-electron chi connectivity index (χ1n) is 9.76. The maximum atomic E-state index is 13.1. The molecule has 0 aromatic heterocycles. The number of halogens is 2. The standard InChI is InChI=1S/C23H21ClFN3O4S/c1-15-7-12-18(33(31,32)27-17-10-8-16(25)9-11-17)13-19(15)23(30)28(2)14-22(29)26-21-6-4-3-5-20(21)24/h3-13,27H,14H2,1-2H3,(H,26,29). The Morgan fingerprint density at radius 1 is 1.03 bits per heavy atom. The highest BCUT2D eigenvalue weighted by molar-refractivity contribution is 7.92. The van der Waals surface area contributed by atoms with Gasteiger partial charge in [-0.15, -0.1) is 0 Å². The van der Waals surface area contributed by atoms with Gasteiger partial charge in [-0.3, -0.25) is 14.3 Å². The van der Waals surface area contributed by atoms with E-state index < -0.39 is 27.7 Å². The zero-order chi connectivity index (χ0) is 24.2. The number of amides is 2. The molecule has 172 valence electrons. The number of sulfonamides is 1. The zero-order valence-electron chi connectivity index (χ0n) is 17.8. The summed E-state index contributed by atoms with van der Waals surface area (Å²) in [5.41, 5.74) is 1.27. The Balaban J connectivity index is 1.76. The van der Waals surface area contributed by atoms with Crippen molar-refractivity contribution >= 4 is 44.8 Å². The van der Waals surface area contributed by atoms with Gasteiger partial charge in [-0.05, 0) is 61.0 Å². The lowest BCUT2D eigenvalue weighted by Crippen LogP contribution is -2.35. The average Bonchev–Trinajstić information content (AvgIpc) is 2.76. The fourth-order valence-electron chi connectivity index (χ4n) is 2.98. The Morgan fingerprint density at radius 2 is 1.70 bits per heavy atom. The highest BCUT2D eigenvalue weighted by Crippen LogP contribution is 2.22. The second-order valence-corrected chi connectivity index (χ2v) is 9.37. The molecule has 0 aliphatic heterocycles. The molecule has 3 rings (SSSR count). The molecule has 0 aliphatic rings. The van der Waals surface area contributed by atoms with Crippen molar-refractivity contribution < 1.29 is 22.4 Å². The number of hydrogen-bond donors (Lipinski definition) is 2. The molecule has 0 spiro atoms. The fraction of sp³-hybridized carbons (Fsp3) is 0.130. The van der Waals surface area contributed by atoms with Crippen LogP contribution in [0.15, 0.2) is 71.6 Å². The van der Waals surface area contributed by atoms with Gasteiger partial charge >= 0.3 is 0 Å². The summed E-state index contributed by atoms with van der Waals surface area (Å²) >= 11 is 6.03. The van der Waals surface area contributed by atoms with E-state index in [4.69, 9.17) is 11.6 Å². The molecule has 7 nitrogen and oxygen atoms in total. The predicted molar refractivity (Wildman–Crippen MR) is 125 cm³/mol. The maximum Gasteiger partial charge on any atom is 0.261 e. The number of hydrogen-bond acceptors (Lipinski definition) is 4. The number of nitrogens with zero attached hydrogens (tertiary/aromatic N) is 1. The number of carbonyl (C=O) groups is 2. The summed E-state index contributed by atoms with van der Waals surface area (Å²) in [7, 11) is -2.59. The summed E-state index contributed by atoms with van der Waals surface area (Å²) in [6.45, 7) is 1.39. The molecule has 33 heavy (non-hydrogen) atoms. The Labute approximate surface area is 196 Å². The normalized spacial score (nSPS) is 11.0. The topological polar surface area (TPSA) is 95.6 Å². The highest BCUT2D eigenvalue weighted by atomic mass is 35.5. The van der Waals surface area contributed by atoms with Gasteiger partial charge in [0.15, 0.2) is 0 Å². The van der Waals surface area contributed by atoms with E-state index in [1.807, 2.05) is 0 Å². The Morgan fingerprint density at radius 3 is 2.36 bits per heavy atom. The molecule has 0 saturated heterocycles. The van der Waals surface area contributed by atoms with E-state index in [1.54, 1.807) is 31.2 Å². The van der Waals surface area contributed by atoms with Gasteiger partial charge in [0.25, 0.3) is 15.9 Å². The highest BCUT2D eigenvalue weighted by Gasteiger charge is 2.21. The molecule has 10 heteroatoms. The van der Waals surface area contributed by atoms with Gasteiger partial charge < -0.3 is 10.2 Å². The van der Waals surface area contributed by atoms with Crippen molar-refractivity contribution in [2.75, 3.05) is 23.6 Å². The summed E-state index contributed by atoms with van der Waals surface area (Å²) in [4.78, 5) is 26.3. The number of para-hydroxylation sites is 1. The Kier molecular flexibility index (Phi) is 7.35. The lowest BCUT2D eigenvalue weighted by Gasteiger charge is -2.19. The first-order valence-corrected chi connectivity index (χ1v) is 11.6. The van der Waals surface area contributed by atoms with Crippen LogP contribution in [-0.4, -0.2) is 38.7 Å². The molecule has 0 fully saturated rings. The van der Waals surface area contributed by atoms with Crippen LogP contribution in [0.25, 0.3) is 0 Å². The molecule has 0 unspecified atom stereocenters. The van der Waals surface area contributed by atoms with Gasteiger partial charge in [-0.25, -0.2) is 12.8 Å². The first-order chi connectivity index (χ1) is 15.6. The van der Waals surface area contributed by atoms with E-state index in [0.29, 0.717) is 16.3 Å². The summed E-state index contributed by atoms with van der Waals surface area (Å²) in [6, 6.07) is 15.6. The van der Waals surface area contributed by atoms with Gasteiger partial charge in [0.05, 0.1) is 22.2 Å². The molecular weight excluding hydrogens is 469 g/mol. The number of rotatable bonds is 7. The van der Waals surface area contributed by atoms with Gasteiger partial charge in [-0.1, -0.05) is 29.8 Å². The van der Waals surface area contributed by atoms with Crippen molar-refractivity contribution in [1.29, 1.82) is 0 Å². The Hall–Kier alpha value is -3.43. The lowest BCUT2D eigenvalue weighted by molar-refractivity contribution is -0.116. The number of carbonyl (C=O) groups excluding carboxylic acids is 2. The van der Waals surface area contributed by atoms with Crippen LogP contribution >= 0.6 is 11.6 Å². The molecule has 3 aromatic carbocycles. The fourth-order valence-corrected chi connectivity index (χ4v) is 4.24. The second-order valence-electron chi connectivity index (χ2n) is 7.28. The molecule has 2 amide bonds. The van der Waals surface area contributed by atoms with Crippen LogP contribution in [0.3, 0.4) is 0 Å². The lowest BCUT2D eigenvalue weighted by atomic mass is 10.1. The average molecular weight is 490 g/mol. The molecule has 0 radical (unpaired) electrons. The largest absolute Gasteiger partial charge is 0.332 e. The molecule has 0 aliphatic carbocycles. The molecule has 0 heterocycles. The van der Waals surface area contributed by atoms with Crippen LogP contribution in [0, 0.1) is 12.7 Å². The van der Waals surface area contributed by atoms with Gasteiger partial charge in [0.1, 0.15) is 5.82 Å². The van der Waals surface area contributed by atoms with Gasteiger partial charge in [0.2, 0.25) is 5.91 Å². The first kappa shape index (κ1) is 24.2. The number of benzene rings is 3. The third-order valence-electron chi connectivity index (χ3n) is 4.72. The quantitative estimate of drug-likeness (QED) is 0.517. The van der Waals surface area contributed by atoms with Crippen LogP contribution in [0.2, 0.25) is 5.02 Å². The minimum atomic E-state index is -4.03. The smallest absolute Gasteiger partial charge is 0.261 e. The summed E-state index contributed by atoms with van der Waals surface area (Å²) in [5.74, 6) is -1.48. The van der Waals surface area contributed by atoms with Gasteiger partial charge in [-0.2, -0.15) is 0 Å². The van der Waals surface area contributed by atoms with Crippen molar-refractivity contribution in [3.8, 4) is 0 Å². The van der Waals surface area contributed by atoms with Crippen LogP contribution in [-0.2, 0) is 14.8 Å². The van der Waals surface area contributed by atoms with Crippen molar-refractivity contribution in [2.45, 2.75) is 11.8 Å². The minimum Gasteiger partial charge on any atom is -0.332 e. The zero-order valence-corrected chi connectivity index (χ0v) is 19.4. The van der Waals surface area contributed by atoms with Crippen LogP contribution in [0.1, 0.15) is 15.9 Å². The number of anilines is 2. The number of nitrogens with one attached hydrogen (secondary N) is 2. The second kappa shape index (κ2) is 10.0. The van der Waals surface area contributed by atoms with E-state index in [9.17, 15) is 22.4 Å². The molecule has 0 saturated carbocycles. The maximum absolute atomic E-state index is 13.1. The molecule has 2 N–H and O–H groups in total. The van der Waals surface area contributed by atoms with Crippen LogP contribution in [0.5, 0.6) is 0 Å². The van der Waals surface area contributed by atoms with Crippen molar-refractivity contribution in [2.24, 2.45) is 0 Å². The summed E-state index contributed by atoms with van der Waals surface area (Å²) in [5, 5.41) is 2.99. The van der Waals surface area contributed by atoms with E-state index in [1.165, 1.54) is 42.3 Å². The minimum absolute atomic E-state index is 0.130. The van der Waals surface area contributed by atoms with Crippen molar-refractivity contribution in [3.05, 3.63) is 88.7 Å². The van der Waals surface area contributed by atoms with E-state index in [0.717, 1.165) is 12.1 Å². The van der Waals surface area contributed by atoms with E-state index in [-0.39, 0.29) is 22.7 Å². The van der Waals surface area contributed by atoms with Gasteiger partial charge in [0, 0.05) is 18.3 Å². The van der Waals surface area contributed by atoms with Crippen molar-refractivity contribution in [3.63, 3.8) is 0 Å². The molecular formula is C23H21ClFN3O4S. The summed E-state index contributed by atoms with van der Waals surface area (Å²) in [6.07, 6.45) is 0. The molecule has 0 atom stereocenters. The number of likely N-dealkylation sites (N-methyl/N-ethyl adjacent to an activating group) is 1. The molecule has 3 aromatic rings. The van der Waals surface area contributed by atoms with Crippen molar-refractivity contribution in [1.82, 2.24) is 4.90 Å². The SMILES string of the molecule is Cc1ccc(S(=O)(=O)Nc2ccc(F)cc2)cc1C(=O)N(C)CC(=O)Nc1ccccc1Cl. The summed E-state index contributed by atoms with van der Waals surface area (Å²) < 4.78 is 40.9. The van der Waals surface area contributed by atoms with Crippen LogP contribution in [0.4, 0.5) is 15.8 Å². The third kappa shape index (κ3) is 6.09. The predicted octanol–water partition coefficient (Wildman–Crippen LogP) is 4.30. The van der Waals surface area contributed by atoms with Crippen LogP contribution < -0.4 is 10.0 Å².